The maximum absolute atomic E-state index is 10.5. The monoisotopic (exact) mass is 229 g/mol. The van der Waals surface area contributed by atoms with E-state index in [0.717, 1.165) is 0 Å². The van der Waals surface area contributed by atoms with Crippen LogP contribution < -0.4 is 16.2 Å². The predicted octanol–water partition coefficient (Wildman–Crippen LogP) is 0.257. The van der Waals surface area contributed by atoms with E-state index in [0.29, 0.717) is 11.3 Å². The summed E-state index contributed by atoms with van der Waals surface area (Å²) in [6, 6.07) is 6.72. The van der Waals surface area contributed by atoms with Crippen LogP contribution in [-0.4, -0.2) is 18.3 Å². The molecule has 0 aromatic heterocycles. The van der Waals surface area contributed by atoms with Crippen molar-refractivity contribution in [1.29, 1.82) is 5.41 Å². The molecule has 0 saturated heterocycles. The number of benzene rings is 1. The molecule has 0 unspecified atom stereocenters. The minimum absolute atomic E-state index is 0. The highest BCUT2D eigenvalue weighted by molar-refractivity contribution is 5.97. The fraction of sp³-hybridized carbons (Fsp3) is 0.111. The normalized spacial score (nSPS) is 8.80. The van der Waals surface area contributed by atoms with Crippen LogP contribution in [0.15, 0.2) is 24.3 Å². The summed E-state index contributed by atoms with van der Waals surface area (Å²) in [6.45, 7) is -0.218. The Bertz CT molecular complexity index is 368. The Labute approximate surface area is 93.3 Å². The number of ether oxygens (including phenoxy) is 1. The van der Waals surface area contributed by atoms with Crippen molar-refractivity contribution in [3.63, 3.8) is 0 Å². The van der Waals surface area contributed by atoms with Gasteiger partial charge in [0.15, 0.2) is 6.61 Å². The third-order valence-electron chi connectivity index (χ3n) is 1.55. The van der Waals surface area contributed by atoms with Gasteiger partial charge in [-0.15, -0.1) is 12.4 Å². The third kappa shape index (κ3) is 3.86. The Morgan fingerprint density at radius 3 is 2.47 bits per heavy atom. The molecule has 82 valence electrons. The number of hydrogen-bond acceptors (Lipinski definition) is 3. The molecule has 1 amide bonds. The molecular formula is C9H12ClN3O2. The largest absolute Gasteiger partial charge is 0.483 e. The third-order valence-corrected chi connectivity index (χ3v) is 1.55. The first-order valence-corrected chi connectivity index (χ1v) is 3.96. The first-order valence-electron chi connectivity index (χ1n) is 3.96. The van der Waals surface area contributed by atoms with Gasteiger partial charge in [-0.05, 0) is 12.1 Å². The average Bonchev–Trinajstić information content (AvgIpc) is 2.15. The summed E-state index contributed by atoms with van der Waals surface area (Å²) in [5.74, 6) is -0.285. The van der Waals surface area contributed by atoms with Gasteiger partial charge in [0.2, 0.25) is 0 Å². The van der Waals surface area contributed by atoms with Crippen molar-refractivity contribution in [2.24, 2.45) is 11.5 Å². The van der Waals surface area contributed by atoms with Gasteiger partial charge in [-0.3, -0.25) is 10.2 Å². The molecule has 0 spiro atoms. The van der Waals surface area contributed by atoms with E-state index >= 15 is 0 Å². The number of halogens is 1. The quantitative estimate of drug-likeness (QED) is 0.510. The van der Waals surface area contributed by atoms with Crippen molar-refractivity contribution in [3.05, 3.63) is 29.8 Å². The first-order chi connectivity index (χ1) is 6.61. The van der Waals surface area contributed by atoms with Crippen molar-refractivity contribution in [1.82, 2.24) is 0 Å². The van der Waals surface area contributed by atoms with E-state index in [1.807, 2.05) is 0 Å². The lowest BCUT2D eigenvalue weighted by atomic mass is 10.2. The Morgan fingerprint density at radius 2 is 1.93 bits per heavy atom. The number of amidine groups is 1. The van der Waals surface area contributed by atoms with Crippen LogP contribution in [0.4, 0.5) is 0 Å². The van der Waals surface area contributed by atoms with Gasteiger partial charge >= 0.3 is 0 Å². The van der Waals surface area contributed by atoms with E-state index in [4.69, 9.17) is 21.6 Å². The molecule has 0 fully saturated rings. The SMILES string of the molecule is Cl.N=C(N)c1ccccc1OCC(N)=O. The van der Waals surface area contributed by atoms with Crippen LogP contribution in [0.1, 0.15) is 5.56 Å². The molecule has 0 aliphatic carbocycles. The van der Waals surface area contributed by atoms with Gasteiger partial charge in [-0.2, -0.15) is 0 Å². The second-order valence-electron chi connectivity index (χ2n) is 2.66. The molecule has 5 nitrogen and oxygen atoms in total. The smallest absolute Gasteiger partial charge is 0.255 e. The summed E-state index contributed by atoms with van der Waals surface area (Å²) in [7, 11) is 0. The van der Waals surface area contributed by atoms with Crippen molar-refractivity contribution in [3.8, 4) is 5.75 Å². The number of carbonyl (C=O) groups is 1. The zero-order chi connectivity index (χ0) is 10.6. The molecule has 1 rings (SSSR count). The van der Waals surface area contributed by atoms with E-state index in [2.05, 4.69) is 0 Å². The van der Waals surface area contributed by atoms with Crippen molar-refractivity contribution in [2.45, 2.75) is 0 Å². The molecule has 6 heteroatoms. The van der Waals surface area contributed by atoms with Crippen LogP contribution in [0.5, 0.6) is 5.75 Å². The zero-order valence-electron chi connectivity index (χ0n) is 7.90. The number of nitrogens with one attached hydrogen (secondary N) is 1. The fourth-order valence-corrected chi connectivity index (χ4v) is 0.964. The fourth-order valence-electron chi connectivity index (χ4n) is 0.964. The van der Waals surface area contributed by atoms with E-state index in [1.54, 1.807) is 24.3 Å². The highest BCUT2D eigenvalue weighted by atomic mass is 35.5. The van der Waals surface area contributed by atoms with Gasteiger partial charge in [0, 0.05) is 0 Å². The summed E-state index contributed by atoms with van der Waals surface area (Å²) >= 11 is 0. The van der Waals surface area contributed by atoms with Gasteiger partial charge in [0.1, 0.15) is 11.6 Å². The standard InChI is InChI=1S/C9H11N3O2.ClH/c10-8(13)5-14-7-4-2-1-3-6(7)9(11)12;/h1-4H,5H2,(H2,10,13)(H3,11,12);1H. The Hall–Kier alpha value is -1.75. The second-order valence-corrected chi connectivity index (χ2v) is 2.66. The number of primary amides is 1. The number of carbonyl (C=O) groups excluding carboxylic acids is 1. The molecule has 0 radical (unpaired) electrons. The Morgan fingerprint density at radius 1 is 1.33 bits per heavy atom. The highest BCUT2D eigenvalue weighted by Crippen LogP contribution is 2.16. The number of hydrogen-bond donors (Lipinski definition) is 3. The lowest BCUT2D eigenvalue weighted by molar-refractivity contribution is -0.119. The molecule has 1 aromatic carbocycles. The number of amides is 1. The van der Waals surface area contributed by atoms with Crippen molar-refractivity contribution in [2.75, 3.05) is 6.61 Å². The van der Waals surface area contributed by atoms with Gasteiger partial charge in [-0.25, -0.2) is 0 Å². The molecular weight excluding hydrogens is 218 g/mol. The molecule has 0 aliphatic rings. The van der Waals surface area contributed by atoms with E-state index < -0.39 is 5.91 Å². The summed E-state index contributed by atoms with van der Waals surface area (Å²) in [4.78, 5) is 10.5. The number of para-hydroxylation sites is 1. The van der Waals surface area contributed by atoms with Crippen molar-refractivity contribution < 1.29 is 9.53 Å². The van der Waals surface area contributed by atoms with Crippen LogP contribution in [0.25, 0.3) is 0 Å². The van der Waals surface area contributed by atoms with Gasteiger partial charge in [0.25, 0.3) is 5.91 Å². The molecule has 0 bridgehead atoms. The molecule has 0 atom stereocenters. The predicted molar refractivity (Wildman–Crippen MR) is 59.4 cm³/mol. The zero-order valence-corrected chi connectivity index (χ0v) is 8.71. The van der Waals surface area contributed by atoms with E-state index in [9.17, 15) is 4.79 Å². The van der Waals surface area contributed by atoms with Gasteiger partial charge in [-0.1, -0.05) is 12.1 Å². The number of rotatable bonds is 4. The van der Waals surface area contributed by atoms with Crippen LogP contribution >= 0.6 is 12.4 Å². The molecule has 0 heterocycles. The topological polar surface area (TPSA) is 102 Å². The van der Waals surface area contributed by atoms with E-state index in [-0.39, 0.29) is 24.8 Å². The molecule has 0 aliphatic heterocycles. The highest BCUT2D eigenvalue weighted by Gasteiger charge is 2.05. The molecule has 5 N–H and O–H groups in total. The van der Waals surface area contributed by atoms with Crippen LogP contribution in [0.3, 0.4) is 0 Å². The van der Waals surface area contributed by atoms with Gasteiger partial charge < -0.3 is 16.2 Å². The second kappa shape index (κ2) is 5.87. The molecule has 15 heavy (non-hydrogen) atoms. The summed E-state index contributed by atoms with van der Waals surface area (Å²) in [6.07, 6.45) is 0. The van der Waals surface area contributed by atoms with Crippen LogP contribution in [0, 0.1) is 5.41 Å². The minimum atomic E-state index is -0.566. The van der Waals surface area contributed by atoms with Crippen LogP contribution in [0.2, 0.25) is 0 Å². The lowest BCUT2D eigenvalue weighted by Gasteiger charge is -2.08. The van der Waals surface area contributed by atoms with Crippen molar-refractivity contribution >= 4 is 24.1 Å². The summed E-state index contributed by atoms with van der Waals surface area (Å²) in [5.41, 5.74) is 10.7. The van der Waals surface area contributed by atoms with Crippen LogP contribution in [-0.2, 0) is 4.79 Å². The molecule has 1 aromatic rings. The minimum Gasteiger partial charge on any atom is -0.483 e. The Balaban J connectivity index is 0.00000196. The first kappa shape index (κ1) is 13.2. The lowest BCUT2D eigenvalue weighted by Crippen LogP contribution is -2.21. The number of nitrogens with two attached hydrogens (primary N) is 2. The average molecular weight is 230 g/mol. The van der Waals surface area contributed by atoms with E-state index in [1.165, 1.54) is 0 Å². The maximum atomic E-state index is 10.5. The maximum Gasteiger partial charge on any atom is 0.255 e. The molecule has 0 saturated carbocycles. The van der Waals surface area contributed by atoms with Gasteiger partial charge in [0.05, 0.1) is 5.56 Å². The Kier molecular flexibility index (Phi) is 5.19. The summed E-state index contributed by atoms with van der Waals surface area (Å²) < 4.78 is 5.06. The summed E-state index contributed by atoms with van der Waals surface area (Å²) in [5, 5.41) is 7.24. The number of nitrogen functional groups attached to an aromatic ring is 1.